The monoisotopic (exact) mass is 406 g/mol. The summed E-state index contributed by atoms with van der Waals surface area (Å²) in [4.78, 5) is 22.0. The first kappa shape index (κ1) is 18.4. The van der Waals surface area contributed by atoms with Crippen molar-refractivity contribution in [2.24, 2.45) is 0 Å². The molecule has 28 heavy (non-hydrogen) atoms. The molecule has 5 nitrogen and oxygen atoms in total. The maximum atomic E-state index is 11.5. The number of carbonyl (C=O) groups is 1. The topological polar surface area (TPSA) is 60.7 Å². The summed E-state index contributed by atoms with van der Waals surface area (Å²) in [5, 5.41) is 5.41. The summed E-state index contributed by atoms with van der Waals surface area (Å²) < 4.78 is 1.81. The van der Waals surface area contributed by atoms with E-state index in [2.05, 4.69) is 9.97 Å². The summed E-state index contributed by atoms with van der Waals surface area (Å²) in [6, 6.07) is 17.5. The van der Waals surface area contributed by atoms with Crippen molar-refractivity contribution in [1.82, 2.24) is 19.7 Å². The molecule has 4 aromatic rings. The molecule has 138 valence electrons. The summed E-state index contributed by atoms with van der Waals surface area (Å²) in [6.07, 6.45) is 5.03. The van der Waals surface area contributed by atoms with Gasteiger partial charge in [-0.2, -0.15) is 5.10 Å². The van der Waals surface area contributed by atoms with Crippen molar-refractivity contribution in [2.45, 2.75) is 16.7 Å². The maximum absolute atomic E-state index is 11.5. The van der Waals surface area contributed by atoms with Gasteiger partial charge in [-0.15, -0.1) is 0 Å². The van der Waals surface area contributed by atoms with Gasteiger partial charge in [0, 0.05) is 23.0 Å². The highest BCUT2D eigenvalue weighted by molar-refractivity contribution is 7.99. The minimum Gasteiger partial charge on any atom is -0.293 e. The molecule has 0 amide bonds. The predicted molar refractivity (Wildman–Crippen MR) is 110 cm³/mol. The van der Waals surface area contributed by atoms with E-state index in [1.54, 1.807) is 18.0 Å². The molecule has 0 bridgehead atoms. The smallest absolute Gasteiger partial charge is 0.179 e. The molecule has 0 aliphatic rings. The molecule has 2 aromatic heterocycles. The third kappa shape index (κ3) is 3.98. The van der Waals surface area contributed by atoms with E-state index >= 15 is 0 Å². The largest absolute Gasteiger partial charge is 0.293 e. The van der Waals surface area contributed by atoms with E-state index in [-0.39, 0.29) is 5.78 Å². The molecule has 2 aromatic carbocycles. The minimum atomic E-state index is -0.121. The number of para-hydroxylation sites is 1. The molecule has 0 aliphatic carbocycles. The Bertz CT molecular complexity index is 1110. The number of hydrogen-bond donors (Lipinski definition) is 0. The molecule has 0 radical (unpaired) electrons. The van der Waals surface area contributed by atoms with Crippen LogP contribution in [0.15, 0.2) is 83.0 Å². The standard InChI is InChI=1S/C21H15ClN4OS/c1-14(27)18-11-24-19(12-23-18)21-20(28-17-9-7-15(22)8-10-17)13-26(25-21)16-5-3-2-4-6-16/h2-13H,1H3. The van der Waals surface area contributed by atoms with E-state index < -0.39 is 0 Å². The Hall–Kier alpha value is -2.96. The number of rotatable bonds is 5. The van der Waals surface area contributed by atoms with E-state index in [1.807, 2.05) is 65.5 Å². The molecule has 0 spiro atoms. The zero-order valence-electron chi connectivity index (χ0n) is 14.9. The van der Waals surface area contributed by atoms with Crippen LogP contribution < -0.4 is 0 Å². The summed E-state index contributed by atoms with van der Waals surface area (Å²) in [7, 11) is 0. The van der Waals surface area contributed by atoms with Crippen LogP contribution in [0.25, 0.3) is 17.1 Å². The number of nitrogens with zero attached hydrogens (tertiary/aromatic N) is 4. The van der Waals surface area contributed by atoms with Crippen molar-refractivity contribution >= 4 is 29.1 Å². The second-order valence-corrected chi connectivity index (χ2v) is 7.57. The highest BCUT2D eigenvalue weighted by Crippen LogP contribution is 2.35. The van der Waals surface area contributed by atoms with Gasteiger partial charge in [-0.05, 0) is 36.4 Å². The minimum absolute atomic E-state index is 0.121. The average Bonchev–Trinajstić information content (AvgIpc) is 3.14. The van der Waals surface area contributed by atoms with E-state index in [4.69, 9.17) is 16.7 Å². The van der Waals surface area contributed by atoms with Crippen molar-refractivity contribution in [3.63, 3.8) is 0 Å². The number of aromatic nitrogens is 4. The number of hydrogen-bond acceptors (Lipinski definition) is 5. The van der Waals surface area contributed by atoms with Crippen molar-refractivity contribution < 1.29 is 4.79 Å². The highest BCUT2D eigenvalue weighted by atomic mass is 35.5. The van der Waals surface area contributed by atoms with Crippen molar-refractivity contribution in [2.75, 3.05) is 0 Å². The van der Waals surface area contributed by atoms with Gasteiger partial charge in [0.2, 0.25) is 0 Å². The molecule has 0 saturated carbocycles. The quantitative estimate of drug-likeness (QED) is 0.419. The number of benzene rings is 2. The van der Waals surface area contributed by atoms with Crippen molar-refractivity contribution in [1.29, 1.82) is 0 Å². The van der Waals surface area contributed by atoms with Gasteiger partial charge in [0.15, 0.2) is 5.78 Å². The number of halogens is 1. The summed E-state index contributed by atoms with van der Waals surface area (Å²) in [5.41, 5.74) is 2.58. The Morgan fingerprint density at radius 3 is 2.39 bits per heavy atom. The van der Waals surface area contributed by atoms with Crippen molar-refractivity contribution in [3.05, 3.63) is 83.9 Å². The SMILES string of the molecule is CC(=O)c1cnc(-c2nn(-c3ccccc3)cc2Sc2ccc(Cl)cc2)cn1. The Morgan fingerprint density at radius 1 is 1.00 bits per heavy atom. The predicted octanol–water partition coefficient (Wildman–Crippen LogP) is 5.34. The fraction of sp³-hybridized carbons (Fsp3) is 0.0476. The lowest BCUT2D eigenvalue weighted by atomic mass is 10.3. The second-order valence-electron chi connectivity index (χ2n) is 6.02. The summed E-state index contributed by atoms with van der Waals surface area (Å²) in [6.45, 7) is 1.47. The van der Waals surface area contributed by atoms with Crippen LogP contribution in [0.3, 0.4) is 0 Å². The van der Waals surface area contributed by atoms with Gasteiger partial charge < -0.3 is 0 Å². The lowest BCUT2D eigenvalue weighted by Gasteiger charge is -2.02. The highest BCUT2D eigenvalue weighted by Gasteiger charge is 2.16. The molecule has 0 unspecified atom stereocenters. The lowest BCUT2D eigenvalue weighted by Crippen LogP contribution is -1.99. The maximum Gasteiger partial charge on any atom is 0.179 e. The Morgan fingerprint density at radius 2 is 1.75 bits per heavy atom. The first-order valence-corrected chi connectivity index (χ1v) is 9.71. The molecule has 0 atom stereocenters. The van der Waals surface area contributed by atoms with Crippen LogP contribution in [0.2, 0.25) is 5.02 Å². The van der Waals surface area contributed by atoms with Crippen molar-refractivity contribution in [3.8, 4) is 17.1 Å². The fourth-order valence-electron chi connectivity index (χ4n) is 2.58. The molecule has 4 rings (SSSR count). The summed E-state index contributed by atoms with van der Waals surface area (Å²) in [5.74, 6) is -0.121. The lowest BCUT2D eigenvalue weighted by molar-refractivity contribution is 0.101. The summed E-state index contributed by atoms with van der Waals surface area (Å²) >= 11 is 7.56. The van der Waals surface area contributed by atoms with E-state index in [1.165, 1.54) is 13.1 Å². The normalized spacial score (nSPS) is 10.8. The van der Waals surface area contributed by atoms with Crippen LogP contribution in [0, 0.1) is 0 Å². The van der Waals surface area contributed by atoms with Crippen LogP contribution >= 0.6 is 23.4 Å². The van der Waals surface area contributed by atoms with Crippen LogP contribution in [0.1, 0.15) is 17.4 Å². The molecular formula is C21H15ClN4OS. The third-order valence-electron chi connectivity index (χ3n) is 4.00. The van der Waals surface area contributed by atoms with Crippen LogP contribution in [-0.2, 0) is 0 Å². The molecule has 7 heteroatoms. The molecular weight excluding hydrogens is 392 g/mol. The van der Waals surface area contributed by atoms with Gasteiger partial charge in [-0.3, -0.25) is 9.78 Å². The first-order valence-electron chi connectivity index (χ1n) is 8.52. The van der Waals surface area contributed by atoms with Crippen LogP contribution in [-0.4, -0.2) is 25.5 Å². The fourth-order valence-corrected chi connectivity index (χ4v) is 3.63. The Labute approximate surface area is 171 Å². The zero-order valence-corrected chi connectivity index (χ0v) is 16.5. The average molecular weight is 407 g/mol. The number of carbonyl (C=O) groups excluding carboxylic acids is 1. The van der Waals surface area contributed by atoms with E-state index in [0.29, 0.717) is 22.1 Å². The zero-order chi connectivity index (χ0) is 19.5. The van der Waals surface area contributed by atoms with E-state index in [9.17, 15) is 4.79 Å². The van der Waals surface area contributed by atoms with Gasteiger partial charge in [-0.1, -0.05) is 41.6 Å². The van der Waals surface area contributed by atoms with Gasteiger partial charge in [-0.25, -0.2) is 9.67 Å². The van der Waals surface area contributed by atoms with Gasteiger partial charge >= 0.3 is 0 Å². The molecule has 0 N–H and O–H groups in total. The molecule has 0 fully saturated rings. The van der Waals surface area contributed by atoms with E-state index in [0.717, 1.165) is 15.5 Å². The third-order valence-corrected chi connectivity index (χ3v) is 5.28. The number of Topliss-reactive ketones (excluding diaryl/α,β-unsaturated/α-hetero) is 1. The Balaban J connectivity index is 1.77. The Kier molecular flexibility index (Phi) is 5.23. The van der Waals surface area contributed by atoms with Gasteiger partial charge in [0.1, 0.15) is 17.1 Å². The first-order chi connectivity index (χ1) is 13.6. The van der Waals surface area contributed by atoms with Gasteiger partial charge in [0.25, 0.3) is 0 Å². The second kappa shape index (κ2) is 7.96. The molecule has 0 aliphatic heterocycles. The van der Waals surface area contributed by atoms with Gasteiger partial charge in [0.05, 0.1) is 23.0 Å². The molecule has 2 heterocycles. The molecule has 0 saturated heterocycles. The number of ketones is 1. The van der Waals surface area contributed by atoms with Crippen LogP contribution in [0.4, 0.5) is 0 Å². The van der Waals surface area contributed by atoms with Crippen LogP contribution in [0.5, 0.6) is 0 Å².